The zero-order chi connectivity index (χ0) is 31.1. The third-order valence-electron chi connectivity index (χ3n) is 7.75. The van der Waals surface area contributed by atoms with E-state index in [2.05, 4.69) is 16.1 Å². The van der Waals surface area contributed by atoms with E-state index in [0.29, 0.717) is 24.8 Å². The van der Waals surface area contributed by atoms with Gasteiger partial charge in [-0.05, 0) is 60.4 Å². The number of fused-ring (bicyclic) bond motifs is 1. The molecule has 0 aromatic heterocycles. The zero-order valence-corrected chi connectivity index (χ0v) is 26.4. The van der Waals surface area contributed by atoms with Crippen LogP contribution in [0.3, 0.4) is 0 Å². The monoisotopic (exact) mass is 614 g/mol. The minimum atomic E-state index is -3.82. The Morgan fingerprint density at radius 3 is 2.44 bits per heavy atom. The summed E-state index contributed by atoms with van der Waals surface area (Å²) in [6.07, 6.45) is 1.92. The van der Waals surface area contributed by atoms with Gasteiger partial charge in [0.05, 0.1) is 30.2 Å². The quantitative estimate of drug-likeness (QED) is 0.225. The Kier molecular flexibility index (Phi) is 11.2. The highest BCUT2D eigenvalue weighted by atomic mass is 32.2. The molecule has 0 saturated heterocycles. The molecule has 11 heteroatoms. The molecule has 3 atom stereocenters. The summed E-state index contributed by atoms with van der Waals surface area (Å²) < 4.78 is 33.1. The van der Waals surface area contributed by atoms with E-state index in [9.17, 15) is 23.1 Å². The number of ether oxygens (including phenoxy) is 1. The lowest BCUT2D eigenvalue weighted by Gasteiger charge is -2.36. The summed E-state index contributed by atoms with van der Waals surface area (Å²) in [5.74, 6) is -0.278. The van der Waals surface area contributed by atoms with Crippen molar-refractivity contribution in [3.8, 4) is 5.75 Å². The predicted octanol–water partition coefficient (Wildman–Crippen LogP) is 2.60. The van der Waals surface area contributed by atoms with E-state index in [1.54, 1.807) is 18.2 Å². The minimum Gasteiger partial charge on any atom is -0.493 e. The number of nitrogens with zero attached hydrogens (tertiary/aromatic N) is 1. The van der Waals surface area contributed by atoms with Crippen LogP contribution in [0.25, 0.3) is 0 Å². The van der Waals surface area contributed by atoms with E-state index in [1.165, 1.54) is 5.01 Å². The maximum absolute atomic E-state index is 13.8. The Morgan fingerprint density at radius 2 is 1.79 bits per heavy atom. The summed E-state index contributed by atoms with van der Waals surface area (Å²) in [5, 5.41) is 18.2. The number of aliphatic hydroxyl groups excluding tert-OH is 1. The normalized spacial score (nSPS) is 16.8. The van der Waals surface area contributed by atoms with Gasteiger partial charge in [0.1, 0.15) is 11.1 Å². The van der Waals surface area contributed by atoms with Gasteiger partial charge in [-0.3, -0.25) is 20.3 Å². The molecule has 43 heavy (non-hydrogen) atoms. The number of rotatable bonds is 15. The molecule has 1 fully saturated rings. The Bertz CT molecular complexity index is 1350. The number of carbonyl (C=O) groups excluding carboxylic acids is 2. The van der Waals surface area contributed by atoms with Gasteiger partial charge in [0.2, 0.25) is 5.91 Å². The molecule has 2 aliphatic rings. The molecule has 2 unspecified atom stereocenters. The maximum Gasteiger partial charge on any atom is 0.252 e. The topological polar surface area (TPSA) is 137 Å². The van der Waals surface area contributed by atoms with Crippen LogP contribution in [0.4, 0.5) is 0 Å². The second-order valence-corrected chi connectivity index (χ2v) is 14.4. The number of hydrogen-bond donors (Lipinski definition) is 4. The molecule has 2 amide bonds. The number of aliphatic hydroxyl groups is 1. The fourth-order valence-corrected chi connectivity index (χ4v) is 7.18. The van der Waals surface area contributed by atoms with Gasteiger partial charge in [-0.15, -0.1) is 0 Å². The molecular formula is C32H46N4O6S. The van der Waals surface area contributed by atoms with E-state index < -0.39 is 27.4 Å². The first-order chi connectivity index (χ1) is 20.5. The second kappa shape index (κ2) is 14.7. The number of hydrazine groups is 1. The van der Waals surface area contributed by atoms with Crippen LogP contribution < -0.4 is 20.8 Å². The third-order valence-corrected chi connectivity index (χ3v) is 10.0. The molecule has 2 aromatic carbocycles. The van der Waals surface area contributed by atoms with Gasteiger partial charge in [0.25, 0.3) is 5.91 Å². The van der Waals surface area contributed by atoms with Crippen LogP contribution in [-0.4, -0.2) is 73.6 Å². The second-order valence-electron chi connectivity index (χ2n) is 12.4. The van der Waals surface area contributed by atoms with E-state index in [0.717, 1.165) is 24.0 Å². The van der Waals surface area contributed by atoms with Crippen LogP contribution >= 0.6 is 0 Å². The molecule has 4 rings (SSSR count). The number of nitrogens with one attached hydrogen (secondary N) is 3. The van der Waals surface area contributed by atoms with Crippen molar-refractivity contribution in [3.05, 3.63) is 59.7 Å². The highest BCUT2D eigenvalue weighted by molar-refractivity contribution is 7.92. The van der Waals surface area contributed by atoms with Crippen molar-refractivity contribution in [2.45, 2.75) is 88.3 Å². The third kappa shape index (κ3) is 9.01. The van der Waals surface area contributed by atoms with Crippen LogP contribution in [0.5, 0.6) is 5.75 Å². The first-order valence-electron chi connectivity index (χ1n) is 15.3. The fourth-order valence-electron chi connectivity index (χ4n) is 5.29. The molecule has 1 heterocycles. The molecule has 236 valence electrons. The zero-order valence-electron chi connectivity index (χ0n) is 25.6. The lowest BCUT2D eigenvalue weighted by molar-refractivity contribution is -0.148. The molecule has 4 N–H and O–H groups in total. The van der Waals surface area contributed by atoms with Gasteiger partial charge in [0, 0.05) is 25.4 Å². The van der Waals surface area contributed by atoms with Crippen LogP contribution in [0.2, 0.25) is 0 Å². The van der Waals surface area contributed by atoms with Crippen molar-refractivity contribution >= 4 is 21.7 Å². The summed E-state index contributed by atoms with van der Waals surface area (Å²) in [7, 11) is -3.82. The van der Waals surface area contributed by atoms with Crippen molar-refractivity contribution < 1.29 is 27.9 Å². The number of sulfone groups is 1. The molecule has 0 radical (unpaired) electrons. The number of benzene rings is 2. The highest BCUT2D eigenvalue weighted by Gasteiger charge is 2.36. The summed E-state index contributed by atoms with van der Waals surface area (Å²) in [6.45, 7) is 7.92. The van der Waals surface area contributed by atoms with Crippen molar-refractivity contribution in [1.82, 2.24) is 21.1 Å². The van der Waals surface area contributed by atoms with Gasteiger partial charge < -0.3 is 15.2 Å². The number of carbonyl (C=O) groups is 2. The molecule has 0 bridgehead atoms. The average molecular weight is 615 g/mol. The van der Waals surface area contributed by atoms with Gasteiger partial charge in [-0.2, -0.15) is 0 Å². The van der Waals surface area contributed by atoms with E-state index >= 15 is 0 Å². The Hall–Kier alpha value is -2.99. The maximum atomic E-state index is 13.8. The van der Waals surface area contributed by atoms with Gasteiger partial charge in [-0.1, -0.05) is 58.0 Å². The molecule has 1 aliphatic carbocycles. The van der Waals surface area contributed by atoms with Gasteiger partial charge >= 0.3 is 0 Å². The highest BCUT2D eigenvalue weighted by Crippen LogP contribution is 2.30. The Morgan fingerprint density at radius 1 is 1.07 bits per heavy atom. The lowest BCUT2D eigenvalue weighted by atomic mass is 9.99. The molecule has 1 saturated carbocycles. The van der Waals surface area contributed by atoms with E-state index in [1.807, 2.05) is 58.0 Å². The molecule has 10 nitrogen and oxygen atoms in total. The van der Waals surface area contributed by atoms with Crippen molar-refractivity contribution in [3.63, 3.8) is 0 Å². The largest absolute Gasteiger partial charge is 0.493 e. The average Bonchev–Trinajstić information content (AvgIpc) is 3.67. The molecule has 1 aliphatic heterocycles. The molecule has 2 aromatic rings. The standard InChI is InChI=1S/C32H46N4O6S/c1-21(2)16-31(39)36(35-30(38)20-33-25-10-11-25)27(17-23-8-6-5-7-9-23)28(37)19-34-32(22(3)4)43(40,41)26-12-13-29-24(18-26)14-15-42-29/h5-9,12-13,18,21-22,25,27-28,32-34,37H,10-11,14-17,19-20H2,1-4H3,(H,35,38)/t27?,28-,32?/m1/s1. The predicted molar refractivity (Wildman–Crippen MR) is 165 cm³/mol. The fraction of sp³-hybridized carbons (Fsp3) is 0.562. The van der Waals surface area contributed by atoms with Gasteiger partial charge in [-0.25, -0.2) is 13.4 Å². The van der Waals surface area contributed by atoms with Crippen molar-refractivity contribution in [2.24, 2.45) is 11.8 Å². The lowest BCUT2D eigenvalue weighted by Crippen LogP contribution is -2.60. The summed E-state index contributed by atoms with van der Waals surface area (Å²) in [6, 6.07) is 13.8. The Labute approximate surface area is 255 Å². The van der Waals surface area contributed by atoms with Crippen LogP contribution in [0.1, 0.15) is 58.1 Å². The molecular weight excluding hydrogens is 568 g/mol. The number of hydrogen-bond acceptors (Lipinski definition) is 8. The summed E-state index contributed by atoms with van der Waals surface area (Å²) in [5.41, 5.74) is 4.49. The van der Waals surface area contributed by atoms with Crippen LogP contribution in [-0.2, 0) is 32.3 Å². The van der Waals surface area contributed by atoms with Crippen molar-refractivity contribution in [2.75, 3.05) is 19.7 Å². The summed E-state index contributed by atoms with van der Waals surface area (Å²) in [4.78, 5) is 26.6. The van der Waals surface area contributed by atoms with Crippen LogP contribution in [0, 0.1) is 11.8 Å². The van der Waals surface area contributed by atoms with Gasteiger partial charge in [0.15, 0.2) is 9.84 Å². The number of amides is 2. The van der Waals surface area contributed by atoms with Crippen molar-refractivity contribution in [1.29, 1.82) is 0 Å². The minimum absolute atomic E-state index is 0.0253. The van der Waals surface area contributed by atoms with Crippen LogP contribution in [0.15, 0.2) is 53.4 Å². The van der Waals surface area contributed by atoms with E-state index in [-0.39, 0.29) is 54.5 Å². The van der Waals surface area contributed by atoms with E-state index in [4.69, 9.17) is 4.74 Å². The first-order valence-corrected chi connectivity index (χ1v) is 16.8. The summed E-state index contributed by atoms with van der Waals surface area (Å²) >= 11 is 0. The smallest absolute Gasteiger partial charge is 0.252 e. The SMILES string of the molecule is CC(C)CC(=O)N(NC(=O)CNC1CC1)C(Cc1ccccc1)[C@H](O)CNC(C(C)C)S(=O)(=O)c1ccc2c(c1)CCO2. The molecule has 0 spiro atoms. The Balaban J connectivity index is 1.56. The first kappa shape index (κ1) is 32.9.